The molecule has 3 nitrogen and oxygen atoms in total. The SMILES string of the molecule is CC(=O)c1ccc(-n2cc[n+](Cc3ccccc3)c2)cc1.[Cl-]. The number of halogens is 1. The maximum absolute atomic E-state index is 11.3. The molecule has 0 spiro atoms. The molecule has 3 aromatic rings. The van der Waals surface area contributed by atoms with Gasteiger partial charge >= 0.3 is 0 Å². The van der Waals surface area contributed by atoms with Crippen LogP contribution in [0.25, 0.3) is 5.69 Å². The molecule has 0 atom stereocenters. The number of aromatic nitrogens is 2. The van der Waals surface area contributed by atoms with E-state index in [0.29, 0.717) is 0 Å². The molecule has 0 amide bonds. The molecule has 3 rings (SSSR count). The van der Waals surface area contributed by atoms with Crippen LogP contribution in [0.4, 0.5) is 0 Å². The topological polar surface area (TPSA) is 25.9 Å². The maximum atomic E-state index is 11.3. The van der Waals surface area contributed by atoms with E-state index in [1.807, 2.05) is 59.4 Å². The van der Waals surface area contributed by atoms with Crippen molar-refractivity contribution in [3.05, 3.63) is 84.4 Å². The number of benzene rings is 2. The van der Waals surface area contributed by atoms with Crippen molar-refractivity contribution < 1.29 is 21.8 Å². The second kappa shape index (κ2) is 7.05. The molecule has 2 aromatic carbocycles. The molecular formula is C18H17ClN2O. The molecule has 0 radical (unpaired) electrons. The first-order valence-corrected chi connectivity index (χ1v) is 6.95. The van der Waals surface area contributed by atoms with Crippen molar-refractivity contribution in [3.63, 3.8) is 0 Å². The maximum Gasteiger partial charge on any atom is 0.249 e. The van der Waals surface area contributed by atoms with Gasteiger partial charge in [0.05, 0.1) is 0 Å². The smallest absolute Gasteiger partial charge is 0.249 e. The monoisotopic (exact) mass is 312 g/mol. The number of hydrogen-bond donors (Lipinski definition) is 0. The predicted molar refractivity (Wildman–Crippen MR) is 81.5 cm³/mol. The molecular weight excluding hydrogens is 296 g/mol. The van der Waals surface area contributed by atoms with Gasteiger partial charge in [-0.3, -0.25) is 4.79 Å². The van der Waals surface area contributed by atoms with E-state index in [1.165, 1.54) is 5.56 Å². The third-order valence-electron chi connectivity index (χ3n) is 3.47. The molecule has 0 unspecified atom stereocenters. The van der Waals surface area contributed by atoms with Crippen LogP contribution in [0, 0.1) is 0 Å². The van der Waals surface area contributed by atoms with Crippen LogP contribution in [-0.4, -0.2) is 10.4 Å². The molecule has 0 aliphatic heterocycles. The highest BCUT2D eigenvalue weighted by Crippen LogP contribution is 2.09. The van der Waals surface area contributed by atoms with Gasteiger partial charge in [0.25, 0.3) is 0 Å². The summed E-state index contributed by atoms with van der Waals surface area (Å²) in [6.45, 7) is 2.43. The third kappa shape index (κ3) is 3.62. The van der Waals surface area contributed by atoms with Gasteiger partial charge in [0, 0.05) is 5.56 Å². The molecule has 1 aromatic heterocycles. The van der Waals surface area contributed by atoms with Gasteiger partial charge in [0.1, 0.15) is 24.6 Å². The molecule has 0 saturated heterocycles. The summed E-state index contributed by atoms with van der Waals surface area (Å²) in [7, 11) is 0. The molecule has 0 bridgehead atoms. The Labute approximate surface area is 136 Å². The summed E-state index contributed by atoms with van der Waals surface area (Å²) in [5.41, 5.74) is 3.06. The third-order valence-corrected chi connectivity index (χ3v) is 3.47. The van der Waals surface area contributed by atoms with Crippen LogP contribution in [-0.2, 0) is 6.54 Å². The first-order valence-electron chi connectivity index (χ1n) is 6.95. The number of carbonyl (C=O) groups is 1. The van der Waals surface area contributed by atoms with Crippen LogP contribution in [0.5, 0.6) is 0 Å². The summed E-state index contributed by atoms with van der Waals surface area (Å²) in [6, 6.07) is 18.0. The first-order chi connectivity index (χ1) is 10.2. The quantitative estimate of drug-likeness (QED) is 0.493. The first kappa shape index (κ1) is 16.0. The number of rotatable bonds is 4. The van der Waals surface area contributed by atoms with Gasteiger partial charge in [0.2, 0.25) is 6.33 Å². The van der Waals surface area contributed by atoms with E-state index in [-0.39, 0.29) is 18.2 Å². The molecule has 0 N–H and O–H groups in total. The van der Waals surface area contributed by atoms with E-state index < -0.39 is 0 Å². The van der Waals surface area contributed by atoms with Crippen molar-refractivity contribution in [2.24, 2.45) is 0 Å². The van der Waals surface area contributed by atoms with Crippen LogP contribution in [0.15, 0.2) is 73.3 Å². The van der Waals surface area contributed by atoms with E-state index in [9.17, 15) is 4.79 Å². The van der Waals surface area contributed by atoms with Crippen molar-refractivity contribution in [1.82, 2.24) is 4.57 Å². The number of carbonyl (C=O) groups excluding carboxylic acids is 1. The van der Waals surface area contributed by atoms with Gasteiger partial charge in [-0.25, -0.2) is 9.13 Å². The standard InChI is InChI=1S/C18H17N2O.ClH/c1-15(21)17-7-9-18(10-8-17)20-12-11-19(14-20)13-16-5-3-2-4-6-16;/h2-12,14H,13H2,1H3;1H/q+1;/p-1. The van der Waals surface area contributed by atoms with Gasteiger partial charge in [-0.2, -0.15) is 0 Å². The fourth-order valence-corrected chi connectivity index (χ4v) is 2.30. The lowest BCUT2D eigenvalue weighted by atomic mass is 10.1. The van der Waals surface area contributed by atoms with E-state index in [0.717, 1.165) is 17.8 Å². The van der Waals surface area contributed by atoms with Gasteiger partial charge < -0.3 is 12.4 Å². The Kier molecular flexibility index (Phi) is 5.12. The van der Waals surface area contributed by atoms with Crippen molar-refractivity contribution in [2.75, 3.05) is 0 Å². The van der Waals surface area contributed by atoms with Crippen LogP contribution in [0.1, 0.15) is 22.8 Å². The van der Waals surface area contributed by atoms with E-state index in [1.54, 1.807) is 6.92 Å². The fraction of sp³-hybridized carbons (Fsp3) is 0.111. The zero-order valence-corrected chi connectivity index (χ0v) is 13.1. The van der Waals surface area contributed by atoms with Gasteiger partial charge in [-0.1, -0.05) is 30.3 Å². The summed E-state index contributed by atoms with van der Waals surface area (Å²) in [4.78, 5) is 11.3. The molecule has 0 aliphatic carbocycles. The Balaban J connectivity index is 0.00000176. The van der Waals surface area contributed by atoms with Crippen molar-refractivity contribution in [3.8, 4) is 5.69 Å². The lowest BCUT2D eigenvalue weighted by Gasteiger charge is -1.98. The Morgan fingerprint density at radius 2 is 1.73 bits per heavy atom. The van der Waals surface area contributed by atoms with Crippen LogP contribution in [0.3, 0.4) is 0 Å². The highest BCUT2D eigenvalue weighted by Gasteiger charge is 2.08. The molecule has 112 valence electrons. The average molecular weight is 313 g/mol. The largest absolute Gasteiger partial charge is 1.00 e. The number of imidazole rings is 1. The molecule has 1 heterocycles. The Hall–Kier alpha value is -2.39. The molecule has 0 fully saturated rings. The summed E-state index contributed by atoms with van der Waals surface area (Å²) in [5, 5.41) is 0. The van der Waals surface area contributed by atoms with E-state index >= 15 is 0 Å². The summed E-state index contributed by atoms with van der Waals surface area (Å²) in [5.74, 6) is 0.0909. The normalized spacial score (nSPS) is 10.0. The zero-order chi connectivity index (χ0) is 14.7. The Morgan fingerprint density at radius 3 is 2.36 bits per heavy atom. The van der Waals surface area contributed by atoms with Crippen LogP contribution < -0.4 is 17.0 Å². The van der Waals surface area contributed by atoms with Crippen molar-refractivity contribution in [2.45, 2.75) is 13.5 Å². The van der Waals surface area contributed by atoms with Crippen LogP contribution in [0.2, 0.25) is 0 Å². The zero-order valence-electron chi connectivity index (χ0n) is 12.3. The van der Waals surface area contributed by atoms with Crippen molar-refractivity contribution >= 4 is 5.78 Å². The van der Waals surface area contributed by atoms with E-state index in [4.69, 9.17) is 0 Å². The lowest BCUT2D eigenvalue weighted by Crippen LogP contribution is -3.00. The Morgan fingerprint density at radius 1 is 1.05 bits per heavy atom. The molecule has 0 aliphatic rings. The minimum Gasteiger partial charge on any atom is -1.00 e. The minimum absolute atomic E-state index is 0. The summed E-state index contributed by atoms with van der Waals surface area (Å²) in [6.07, 6.45) is 6.12. The highest BCUT2D eigenvalue weighted by molar-refractivity contribution is 5.94. The van der Waals surface area contributed by atoms with E-state index in [2.05, 4.69) is 23.0 Å². The fourth-order valence-electron chi connectivity index (χ4n) is 2.30. The van der Waals surface area contributed by atoms with Crippen LogP contribution >= 0.6 is 0 Å². The number of Topliss-reactive ketones (excluding diaryl/α,β-unsaturated/α-hetero) is 1. The van der Waals surface area contributed by atoms with Gasteiger partial charge in [-0.05, 0) is 36.8 Å². The number of nitrogens with zero attached hydrogens (tertiary/aromatic N) is 2. The number of ketones is 1. The van der Waals surface area contributed by atoms with Gasteiger partial charge in [-0.15, -0.1) is 0 Å². The average Bonchev–Trinajstić information content (AvgIpc) is 2.97. The molecule has 22 heavy (non-hydrogen) atoms. The summed E-state index contributed by atoms with van der Waals surface area (Å²) >= 11 is 0. The number of hydrogen-bond acceptors (Lipinski definition) is 1. The molecule has 4 heteroatoms. The lowest BCUT2D eigenvalue weighted by molar-refractivity contribution is -0.687. The van der Waals surface area contributed by atoms with Crippen molar-refractivity contribution in [1.29, 1.82) is 0 Å². The second-order valence-corrected chi connectivity index (χ2v) is 5.08. The minimum atomic E-state index is 0. The summed E-state index contributed by atoms with van der Waals surface area (Å²) < 4.78 is 4.18. The Bertz CT molecular complexity index is 748. The van der Waals surface area contributed by atoms with Gasteiger partial charge in [0.15, 0.2) is 5.78 Å². The molecule has 0 saturated carbocycles. The predicted octanol–water partition coefficient (Wildman–Crippen LogP) is 0.0197. The second-order valence-electron chi connectivity index (χ2n) is 5.08. The highest BCUT2D eigenvalue weighted by atomic mass is 35.5.